The average Bonchev–Trinajstić information content (AvgIpc) is 3.45. The Morgan fingerprint density at radius 1 is 0.438 bits per heavy atom. The summed E-state index contributed by atoms with van der Waals surface area (Å²) >= 11 is 0. The first-order valence-electron chi connectivity index (χ1n) is 31.6. The molecule has 3 rings (SSSR count). The van der Waals surface area contributed by atoms with Gasteiger partial charge in [0.1, 0.15) is 73.2 Å². The van der Waals surface area contributed by atoms with E-state index in [9.17, 15) is 61.0 Å². The normalized spacial score (nSPS) is 30.1. The highest BCUT2D eigenvalue weighted by molar-refractivity contribution is 5.76. The quantitative estimate of drug-likeness (QED) is 0.0234. The molecule has 19 nitrogen and oxygen atoms in total. The summed E-state index contributed by atoms with van der Waals surface area (Å²) in [6.07, 6.45) is 21.3. The first-order chi connectivity index (χ1) is 38.8. The molecule has 0 saturated carbocycles. The van der Waals surface area contributed by atoms with Crippen molar-refractivity contribution in [2.45, 2.75) is 330 Å². The second-order valence-corrected chi connectivity index (χ2v) is 22.9. The Hall–Kier alpha value is -1.73. The summed E-state index contributed by atoms with van der Waals surface area (Å²) in [6, 6.07) is -0.982. The van der Waals surface area contributed by atoms with Crippen LogP contribution in [-0.2, 0) is 33.2 Å². The zero-order valence-corrected chi connectivity index (χ0v) is 49.1. The van der Waals surface area contributed by atoms with Crippen molar-refractivity contribution in [1.29, 1.82) is 0 Å². The molecule has 0 bridgehead atoms. The zero-order chi connectivity index (χ0) is 58.3. The number of hydrogen-bond donors (Lipinski definition) is 12. The van der Waals surface area contributed by atoms with E-state index in [0.717, 1.165) is 44.9 Å². The van der Waals surface area contributed by atoms with Crippen molar-refractivity contribution in [2.24, 2.45) is 0 Å². The van der Waals surface area contributed by atoms with E-state index in [4.69, 9.17) is 28.4 Å². The molecule has 470 valence electrons. The van der Waals surface area contributed by atoms with Gasteiger partial charge in [0, 0.05) is 6.42 Å². The molecule has 1 amide bonds. The van der Waals surface area contributed by atoms with E-state index in [1.54, 1.807) is 6.08 Å². The van der Waals surface area contributed by atoms with Crippen LogP contribution in [0, 0.1) is 0 Å². The Morgan fingerprint density at radius 3 is 1.25 bits per heavy atom. The van der Waals surface area contributed by atoms with E-state index in [2.05, 4.69) is 31.3 Å². The first-order valence-corrected chi connectivity index (χ1v) is 31.6. The zero-order valence-electron chi connectivity index (χ0n) is 49.1. The Kier molecular flexibility index (Phi) is 40.5. The van der Waals surface area contributed by atoms with Crippen LogP contribution in [0.15, 0.2) is 24.3 Å². The van der Waals surface area contributed by atoms with Crippen LogP contribution < -0.4 is 5.32 Å². The van der Waals surface area contributed by atoms with Gasteiger partial charge in [-0.1, -0.05) is 212 Å². The number of hydrogen-bond acceptors (Lipinski definition) is 18. The monoisotopic (exact) mass is 1150 g/mol. The molecule has 19 heteroatoms. The number of rotatable bonds is 47. The van der Waals surface area contributed by atoms with Crippen LogP contribution in [0.4, 0.5) is 0 Å². The number of allylic oxidation sites excluding steroid dienone is 3. The summed E-state index contributed by atoms with van der Waals surface area (Å²) in [5.41, 5.74) is 0. The summed E-state index contributed by atoms with van der Waals surface area (Å²) in [5.74, 6) is -0.298. The molecule has 0 aromatic rings. The standard InChI is InChI=1S/C61H113NO18/c1-3-5-7-9-10-11-12-13-14-15-16-17-18-19-20-21-22-23-24-25-26-27-28-29-30-31-32-33-35-36-38-45(66)44(62-49(67)39-37-34-8-6-4-2)43-75-59-55(73)52(70)57(47(41-64)77-59)80-61-56(74)53(71)58(48(42-65)78-61)79-60-54(72)51(69)50(68)46(40-63)76-60/h31-32,36,38,44-48,50-61,63-66,68-74H,3-30,33-35,37,39-43H2,1-2H3,(H,62,67)/b32-31+,38-36+. The van der Waals surface area contributed by atoms with Gasteiger partial charge in [-0.3, -0.25) is 4.79 Å². The fraction of sp³-hybridized carbons (Fsp3) is 0.918. The van der Waals surface area contributed by atoms with Gasteiger partial charge in [-0.25, -0.2) is 0 Å². The van der Waals surface area contributed by atoms with Crippen LogP contribution in [0.2, 0.25) is 0 Å². The van der Waals surface area contributed by atoms with Gasteiger partial charge in [-0.15, -0.1) is 0 Å². The van der Waals surface area contributed by atoms with Gasteiger partial charge in [0.25, 0.3) is 0 Å². The van der Waals surface area contributed by atoms with E-state index in [0.29, 0.717) is 12.8 Å². The summed E-state index contributed by atoms with van der Waals surface area (Å²) in [7, 11) is 0. The van der Waals surface area contributed by atoms with E-state index >= 15 is 0 Å². The molecule has 3 heterocycles. The third-order valence-electron chi connectivity index (χ3n) is 16.0. The third kappa shape index (κ3) is 28.0. The molecule has 0 spiro atoms. The molecular formula is C61H113NO18. The number of aliphatic hydroxyl groups excluding tert-OH is 11. The van der Waals surface area contributed by atoms with E-state index in [-0.39, 0.29) is 18.9 Å². The minimum Gasteiger partial charge on any atom is -0.394 e. The van der Waals surface area contributed by atoms with Gasteiger partial charge in [-0.05, 0) is 32.1 Å². The van der Waals surface area contributed by atoms with Gasteiger partial charge < -0.3 is 89.9 Å². The lowest BCUT2D eigenvalue weighted by molar-refractivity contribution is -0.379. The van der Waals surface area contributed by atoms with Gasteiger partial charge in [0.05, 0.1) is 38.6 Å². The van der Waals surface area contributed by atoms with Gasteiger partial charge in [-0.2, -0.15) is 0 Å². The average molecular weight is 1150 g/mol. The number of unbranched alkanes of at least 4 members (excludes halogenated alkanes) is 29. The summed E-state index contributed by atoms with van der Waals surface area (Å²) in [4.78, 5) is 13.1. The molecule has 17 unspecified atom stereocenters. The van der Waals surface area contributed by atoms with Gasteiger partial charge >= 0.3 is 0 Å². The maximum atomic E-state index is 13.1. The number of carbonyl (C=O) groups excluding carboxylic acids is 1. The smallest absolute Gasteiger partial charge is 0.220 e. The van der Waals surface area contributed by atoms with Crippen molar-refractivity contribution >= 4 is 5.91 Å². The molecule has 3 fully saturated rings. The molecule has 0 aromatic carbocycles. The van der Waals surface area contributed by atoms with Crippen molar-refractivity contribution in [1.82, 2.24) is 5.32 Å². The first kappa shape index (κ1) is 72.5. The highest BCUT2D eigenvalue weighted by Gasteiger charge is 2.53. The number of amides is 1. The largest absolute Gasteiger partial charge is 0.394 e. The lowest BCUT2D eigenvalue weighted by atomic mass is 9.96. The van der Waals surface area contributed by atoms with Crippen LogP contribution >= 0.6 is 0 Å². The molecule has 0 radical (unpaired) electrons. The number of ether oxygens (including phenoxy) is 6. The Labute approximate surface area is 479 Å². The number of nitrogens with one attached hydrogen (secondary N) is 1. The predicted molar refractivity (Wildman–Crippen MR) is 305 cm³/mol. The van der Waals surface area contributed by atoms with Crippen molar-refractivity contribution in [3.05, 3.63) is 24.3 Å². The molecule has 0 aromatic heterocycles. The summed E-state index contributed by atoms with van der Waals surface area (Å²) in [6.45, 7) is 1.60. The van der Waals surface area contributed by atoms with Crippen molar-refractivity contribution in [3.8, 4) is 0 Å². The second-order valence-electron chi connectivity index (χ2n) is 22.9. The SMILES string of the molecule is CCCCCCCCCCCCCCCCCCCCCCCCCC/C=C/CC/C=C/C(O)C(COC1OC(CO)C(OC2OC(CO)C(OC3OC(CO)C(O)C(O)C3O)C(O)C2O)C(O)C1O)NC(=O)CCCCCCC. The molecule has 17 atom stereocenters. The highest BCUT2D eigenvalue weighted by Crippen LogP contribution is 2.33. The third-order valence-corrected chi connectivity index (χ3v) is 16.0. The Bertz CT molecular complexity index is 1560. The second kappa shape index (κ2) is 44.7. The summed E-state index contributed by atoms with van der Waals surface area (Å²) in [5, 5.41) is 120. The Morgan fingerprint density at radius 2 is 0.800 bits per heavy atom. The van der Waals surface area contributed by atoms with Crippen LogP contribution in [0.25, 0.3) is 0 Å². The molecular weight excluding hydrogens is 1030 g/mol. The Balaban J connectivity index is 1.35. The number of aliphatic hydroxyl groups is 11. The number of carbonyl (C=O) groups is 1. The fourth-order valence-corrected chi connectivity index (χ4v) is 10.8. The predicted octanol–water partition coefficient (Wildman–Crippen LogP) is 6.32. The van der Waals surface area contributed by atoms with Crippen LogP contribution in [0.1, 0.15) is 226 Å². The van der Waals surface area contributed by atoms with E-state index in [1.165, 1.54) is 148 Å². The topological polar surface area (TPSA) is 307 Å². The maximum Gasteiger partial charge on any atom is 0.220 e. The molecule has 3 aliphatic rings. The van der Waals surface area contributed by atoms with Gasteiger partial charge in [0.15, 0.2) is 18.9 Å². The molecule has 80 heavy (non-hydrogen) atoms. The van der Waals surface area contributed by atoms with Crippen molar-refractivity contribution < 1.29 is 89.4 Å². The van der Waals surface area contributed by atoms with Crippen molar-refractivity contribution in [2.75, 3.05) is 26.4 Å². The van der Waals surface area contributed by atoms with E-state index < -0.39 is 124 Å². The minimum absolute atomic E-state index is 0.232. The van der Waals surface area contributed by atoms with Gasteiger partial charge in [0.2, 0.25) is 5.91 Å². The molecule has 3 aliphatic heterocycles. The van der Waals surface area contributed by atoms with Crippen LogP contribution in [0.5, 0.6) is 0 Å². The van der Waals surface area contributed by atoms with Crippen LogP contribution in [-0.4, -0.2) is 193 Å². The van der Waals surface area contributed by atoms with E-state index in [1.807, 2.05) is 6.08 Å². The highest BCUT2D eigenvalue weighted by atomic mass is 16.8. The molecule has 0 aliphatic carbocycles. The molecule has 12 N–H and O–H groups in total. The molecule has 3 saturated heterocycles. The minimum atomic E-state index is -1.98. The lowest BCUT2D eigenvalue weighted by Crippen LogP contribution is -2.66. The maximum absolute atomic E-state index is 13.1. The van der Waals surface area contributed by atoms with Crippen LogP contribution in [0.3, 0.4) is 0 Å². The summed E-state index contributed by atoms with van der Waals surface area (Å²) < 4.78 is 34.1. The fourth-order valence-electron chi connectivity index (χ4n) is 10.8. The lowest BCUT2D eigenvalue weighted by Gasteiger charge is -2.48. The van der Waals surface area contributed by atoms with Crippen molar-refractivity contribution in [3.63, 3.8) is 0 Å².